The Morgan fingerprint density at radius 1 is 1.17 bits per heavy atom. The normalized spacial score (nSPS) is 11.7. The zero-order valence-electron chi connectivity index (χ0n) is 17.9. The van der Waals surface area contributed by atoms with Gasteiger partial charge in [0.2, 0.25) is 0 Å². The van der Waals surface area contributed by atoms with E-state index in [1.807, 2.05) is 25.1 Å². The van der Waals surface area contributed by atoms with E-state index in [1.165, 1.54) is 12.0 Å². The van der Waals surface area contributed by atoms with Gasteiger partial charge in [0.1, 0.15) is 5.69 Å². The third kappa shape index (κ3) is 4.50. The Bertz CT molecular complexity index is 903. The van der Waals surface area contributed by atoms with Crippen LogP contribution in [0.15, 0.2) is 30.3 Å². The summed E-state index contributed by atoms with van der Waals surface area (Å²) in [4.78, 5) is 39.9. The predicted molar refractivity (Wildman–Crippen MR) is 112 cm³/mol. The number of benzene rings is 1. The van der Waals surface area contributed by atoms with Crippen molar-refractivity contribution in [1.29, 1.82) is 0 Å². The molecule has 1 aromatic carbocycles. The second kappa shape index (κ2) is 9.41. The number of Topliss-reactive ketones (excluding diaryl/α,β-unsaturated/α-hetero) is 1. The molecule has 1 N–H and O–H groups in total. The molecule has 2 aromatic rings. The van der Waals surface area contributed by atoms with Crippen molar-refractivity contribution in [3.63, 3.8) is 0 Å². The summed E-state index contributed by atoms with van der Waals surface area (Å²) in [5.74, 6) is -0.700. The first-order valence-electron chi connectivity index (χ1n) is 9.65. The molecule has 0 spiro atoms. The average molecular weight is 399 g/mol. The molecule has 0 bridgehead atoms. The van der Waals surface area contributed by atoms with Crippen molar-refractivity contribution < 1.29 is 19.1 Å². The van der Waals surface area contributed by atoms with Gasteiger partial charge in [0.05, 0.1) is 13.2 Å². The number of ketones is 1. The minimum Gasteiger partial charge on any atom is -0.464 e. The highest BCUT2D eigenvalue weighted by atomic mass is 16.5. The lowest BCUT2D eigenvalue weighted by Crippen LogP contribution is -2.46. The molecule has 1 atom stereocenters. The highest BCUT2D eigenvalue weighted by molar-refractivity contribution is 6.07. The number of hydrogen-bond acceptors (Lipinski definition) is 4. The summed E-state index contributed by atoms with van der Waals surface area (Å²) >= 11 is 0. The Morgan fingerprint density at radius 2 is 1.79 bits per heavy atom. The predicted octanol–water partition coefficient (Wildman–Crippen LogP) is 3.94. The highest BCUT2D eigenvalue weighted by Crippen LogP contribution is 2.25. The third-order valence-electron chi connectivity index (χ3n) is 5.15. The Morgan fingerprint density at radius 3 is 2.34 bits per heavy atom. The van der Waals surface area contributed by atoms with Gasteiger partial charge >= 0.3 is 12.0 Å². The number of para-hydroxylation sites is 1. The van der Waals surface area contributed by atoms with Crippen molar-refractivity contribution in [1.82, 2.24) is 9.47 Å². The van der Waals surface area contributed by atoms with E-state index in [0.29, 0.717) is 41.2 Å². The number of aromatic nitrogens is 1. The van der Waals surface area contributed by atoms with Crippen molar-refractivity contribution in [2.45, 2.75) is 40.2 Å². The molecular formula is C22H29N3O4. The fourth-order valence-electron chi connectivity index (χ4n) is 3.51. The van der Waals surface area contributed by atoms with Crippen LogP contribution in [-0.2, 0) is 11.8 Å². The summed E-state index contributed by atoms with van der Waals surface area (Å²) in [6, 6.07) is 8.09. The molecule has 0 saturated carbocycles. The average Bonchev–Trinajstić information content (AvgIpc) is 2.93. The molecule has 7 nitrogen and oxygen atoms in total. The van der Waals surface area contributed by atoms with Gasteiger partial charge in [0.15, 0.2) is 5.78 Å². The molecule has 29 heavy (non-hydrogen) atoms. The van der Waals surface area contributed by atoms with E-state index in [2.05, 4.69) is 5.32 Å². The van der Waals surface area contributed by atoms with Crippen LogP contribution in [0.5, 0.6) is 0 Å². The van der Waals surface area contributed by atoms with Crippen LogP contribution in [0.4, 0.5) is 10.5 Å². The molecular weight excluding hydrogens is 370 g/mol. The number of carbonyl (C=O) groups is 3. The molecule has 2 rings (SSSR count). The minimum absolute atomic E-state index is 0.206. The number of hydrogen-bond donors (Lipinski definition) is 1. The first-order chi connectivity index (χ1) is 13.7. The van der Waals surface area contributed by atoms with E-state index in [4.69, 9.17) is 4.74 Å². The Balaban J connectivity index is 2.35. The summed E-state index contributed by atoms with van der Waals surface area (Å²) in [6.07, 6.45) is 0.708. The quantitative estimate of drug-likeness (QED) is 0.565. The van der Waals surface area contributed by atoms with Gasteiger partial charge in [-0.2, -0.15) is 0 Å². The maximum absolute atomic E-state index is 13.3. The third-order valence-corrected chi connectivity index (χ3v) is 5.15. The molecule has 0 unspecified atom stereocenters. The number of esters is 1. The second-order valence-electron chi connectivity index (χ2n) is 7.01. The Labute approximate surface area is 171 Å². The van der Waals surface area contributed by atoms with E-state index in [0.717, 1.165) is 0 Å². The van der Waals surface area contributed by atoms with Crippen LogP contribution in [0, 0.1) is 13.8 Å². The summed E-state index contributed by atoms with van der Waals surface area (Å²) in [6.45, 7) is 7.61. The molecule has 0 aliphatic carbocycles. The summed E-state index contributed by atoms with van der Waals surface area (Å²) in [5.41, 5.74) is 2.69. The fraction of sp³-hybridized carbons (Fsp3) is 0.409. The second-order valence-corrected chi connectivity index (χ2v) is 7.01. The number of carbonyl (C=O) groups excluding carboxylic acids is 3. The molecule has 0 aliphatic heterocycles. The highest BCUT2D eigenvalue weighted by Gasteiger charge is 2.32. The van der Waals surface area contributed by atoms with Crippen LogP contribution < -0.4 is 5.32 Å². The fourth-order valence-corrected chi connectivity index (χ4v) is 3.51. The number of nitrogens with zero attached hydrogens (tertiary/aromatic N) is 2. The molecule has 0 aliphatic rings. The molecule has 0 saturated heterocycles. The first-order valence-corrected chi connectivity index (χ1v) is 9.65. The van der Waals surface area contributed by atoms with E-state index in [1.54, 1.807) is 44.5 Å². The standard InChI is InChI=1S/C22H29N3O4/c1-7-13-25(22(28)23-17-11-9-8-10-12-17)16(4)20(26)18-14(2)19(21(27)29-6)24(5)15(18)3/h8-12,16H,7,13H2,1-6H3,(H,23,28)/t16-/m1/s1. The van der Waals surface area contributed by atoms with E-state index in [9.17, 15) is 14.4 Å². The van der Waals surface area contributed by atoms with Crippen molar-refractivity contribution >= 4 is 23.5 Å². The Hall–Kier alpha value is -3.09. The van der Waals surface area contributed by atoms with Crippen molar-refractivity contribution in [3.05, 3.63) is 52.8 Å². The Kier molecular flexibility index (Phi) is 7.20. The van der Waals surface area contributed by atoms with Gasteiger partial charge < -0.3 is 19.5 Å². The van der Waals surface area contributed by atoms with Gasteiger partial charge in [-0.3, -0.25) is 4.79 Å². The van der Waals surface area contributed by atoms with Crippen molar-refractivity contribution in [3.8, 4) is 0 Å². The number of rotatable bonds is 7. The number of urea groups is 1. The zero-order chi connectivity index (χ0) is 21.7. The van der Waals surface area contributed by atoms with Crippen LogP contribution in [0.3, 0.4) is 0 Å². The largest absolute Gasteiger partial charge is 0.464 e. The molecule has 1 aromatic heterocycles. The number of ether oxygens (including phenoxy) is 1. The molecule has 0 fully saturated rings. The summed E-state index contributed by atoms with van der Waals surface area (Å²) < 4.78 is 6.51. The van der Waals surface area contributed by atoms with Gasteiger partial charge in [-0.25, -0.2) is 9.59 Å². The van der Waals surface area contributed by atoms with Gasteiger partial charge in [-0.1, -0.05) is 25.1 Å². The van der Waals surface area contributed by atoms with Gasteiger partial charge in [0, 0.05) is 30.5 Å². The van der Waals surface area contributed by atoms with Crippen LogP contribution in [0.2, 0.25) is 0 Å². The minimum atomic E-state index is -0.691. The maximum Gasteiger partial charge on any atom is 0.354 e. The first kappa shape index (κ1) is 22.2. The summed E-state index contributed by atoms with van der Waals surface area (Å²) in [7, 11) is 3.03. The monoisotopic (exact) mass is 399 g/mol. The van der Waals surface area contributed by atoms with Crippen molar-refractivity contribution in [2.24, 2.45) is 7.05 Å². The zero-order valence-corrected chi connectivity index (χ0v) is 17.9. The molecule has 156 valence electrons. The van der Waals surface area contributed by atoms with Crippen LogP contribution >= 0.6 is 0 Å². The van der Waals surface area contributed by atoms with Crippen molar-refractivity contribution in [2.75, 3.05) is 19.0 Å². The van der Waals surface area contributed by atoms with Crippen LogP contribution in [0.1, 0.15) is 52.4 Å². The topological polar surface area (TPSA) is 80.6 Å². The number of anilines is 1. The van der Waals surface area contributed by atoms with Gasteiger partial charge in [-0.15, -0.1) is 0 Å². The van der Waals surface area contributed by atoms with Crippen LogP contribution in [-0.4, -0.2) is 46.9 Å². The molecule has 0 radical (unpaired) electrons. The van der Waals surface area contributed by atoms with E-state index in [-0.39, 0.29) is 11.8 Å². The number of methoxy groups -OCH3 is 1. The molecule has 2 amide bonds. The molecule has 7 heteroatoms. The maximum atomic E-state index is 13.3. The van der Waals surface area contributed by atoms with Crippen LogP contribution in [0.25, 0.3) is 0 Å². The van der Waals surface area contributed by atoms with E-state index >= 15 is 0 Å². The number of amides is 2. The lowest BCUT2D eigenvalue weighted by molar-refractivity contribution is 0.0588. The smallest absolute Gasteiger partial charge is 0.354 e. The SMILES string of the molecule is CCCN(C(=O)Nc1ccccc1)[C@H](C)C(=O)c1c(C)c(C(=O)OC)n(C)c1C. The van der Waals surface area contributed by atoms with Gasteiger partial charge in [-0.05, 0) is 44.9 Å². The lowest BCUT2D eigenvalue weighted by Gasteiger charge is -2.28. The lowest BCUT2D eigenvalue weighted by atomic mass is 10.00. The number of nitrogens with one attached hydrogen (secondary N) is 1. The van der Waals surface area contributed by atoms with Gasteiger partial charge in [0.25, 0.3) is 0 Å². The van der Waals surface area contributed by atoms with E-state index < -0.39 is 12.0 Å². The summed E-state index contributed by atoms with van der Waals surface area (Å²) in [5, 5.41) is 2.84. The molecule has 1 heterocycles.